The maximum Gasteiger partial charge on any atom is 0.335 e. The summed E-state index contributed by atoms with van der Waals surface area (Å²) in [4.78, 5) is 41.2. The Hall–Kier alpha value is -3.65. The van der Waals surface area contributed by atoms with Gasteiger partial charge in [0.25, 0.3) is 0 Å². The van der Waals surface area contributed by atoms with Crippen LogP contribution in [0.3, 0.4) is 0 Å². The Balaban J connectivity index is 1.00. The third-order valence-electron chi connectivity index (χ3n) is 20.4. The number of fused-ring (bicyclic) bond motifs is 7. The SMILES string of the molecule is CC1(C)CC[C@]2(C(=O)O[C@@H]3OC[C@@H](O)[C@H](O[C@@H]4O[C@H](CO)[C@@H](O)[C@H](O)[C@H]4O)[C@H]3OC(=O)/C=C/c3ccc(O)cc3)[C@H](O)C[C@]3(C)C(=CC[C@@H]4[C@@]5(C)CC[C@H](O[C@@H]6O[C@H](C(=O)O)[C@@H](O)[C@H](O)[C@H]6O)C(C)(C)[C@@H]5CC[C@]43C)[C@@H]2C1. The van der Waals surface area contributed by atoms with E-state index in [4.69, 9.17) is 33.2 Å². The minimum absolute atomic E-state index is 0.00123. The average Bonchev–Trinajstić information content (AvgIpc) is 3.45. The molecule has 7 fully saturated rings. The minimum Gasteiger partial charge on any atom is -0.508 e. The Morgan fingerprint density at radius 2 is 1.38 bits per heavy atom. The lowest BCUT2D eigenvalue weighted by Crippen LogP contribution is -2.68. The number of carbonyl (C=O) groups excluding carboxylic acids is 2. The van der Waals surface area contributed by atoms with Crippen LogP contribution in [0, 0.1) is 50.2 Å². The van der Waals surface area contributed by atoms with E-state index < -0.39 is 157 Å². The first-order valence-corrected chi connectivity index (χ1v) is 27.2. The summed E-state index contributed by atoms with van der Waals surface area (Å²) in [6, 6.07) is 5.92. The lowest BCUT2D eigenvalue weighted by molar-refractivity contribution is -0.347. The number of hydrogen-bond donors (Lipinski definition) is 11. The van der Waals surface area contributed by atoms with Gasteiger partial charge in [0.05, 0.1) is 25.4 Å². The molecule has 0 bridgehead atoms. The van der Waals surface area contributed by atoms with Gasteiger partial charge in [-0.2, -0.15) is 0 Å². The molecule has 3 heterocycles. The zero-order valence-electron chi connectivity index (χ0n) is 44.8. The van der Waals surface area contributed by atoms with E-state index >= 15 is 4.79 Å². The predicted octanol–water partition coefficient (Wildman–Crippen LogP) is 1.81. The van der Waals surface area contributed by atoms with Crippen molar-refractivity contribution < 1.29 is 104 Å². The van der Waals surface area contributed by atoms with E-state index in [1.807, 2.05) is 0 Å². The molecule has 3 aliphatic heterocycles. The van der Waals surface area contributed by atoms with E-state index in [1.165, 1.54) is 18.2 Å². The molecular formula is C56H80O21. The number of esters is 2. The predicted molar refractivity (Wildman–Crippen MR) is 267 cm³/mol. The van der Waals surface area contributed by atoms with Gasteiger partial charge in [0, 0.05) is 6.08 Å². The standard InChI is InChI=1S/C56H80O21/c1-51(2)20-21-56(50(70)77-49-45(74-36(61)15-10-26-8-11-27(58)12-9-26)43(30(59)25-71-49)75-47-41(66)38(63)37(62)31(24-57)72-47)29(22-51)28-13-14-33-53(5)18-17-35(73-48-42(67)39(64)40(65)44(76-48)46(68)69)52(3,4)32(53)16-19-54(33,6)55(28,7)23-34(56)60/h8-13,15,29-35,37-45,47-49,57-60,62-67H,14,16-25H2,1-7H3,(H,68,69)/b15-10+/t29-,30+,31+,32-,33+,34+,35-,37+,38-,39-,40-,41+,42+,43-,44-,45+,47-,48+,49-,53-,54+,55+,56+/m0/s1. The van der Waals surface area contributed by atoms with E-state index in [9.17, 15) is 65.8 Å². The van der Waals surface area contributed by atoms with Crippen LogP contribution in [0.5, 0.6) is 5.75 Å². The van der Waals surface area contributed by atoms with Gasteiger partial charge < -0.3 is 89.3 Å². The molecule has 21 nitrogen and oxygen atoms in total. The summed E-state index contributed by atoms with van der Waals surface area (Å²) < 4.78 is 41.9. The molecule has 23 atom stereocenters. The van der Waals surface area contributed by atoms with Gasteiger partial charge in [-0.05, 0) is 126 Å². The van der Waals surface area contributed by atoms with Crippen molar-refractivity contribution in [1.29, 1.82) is 0 Å². The Morgan fingerprint density at radius 3 is 2.04 bits per heavy atom. The van der Waals surface area contributed by atoms with Crippen LogP contribution >= 0.6 is 0 Å². The molecular weight excluding hydrogens is 1010 g/mol. The Labute approximate surface area is 447 Å². The highest BCUT2D eigenvalue weighted by Crippen LogP contribution is 2.76. The number of aromatic hydroxyl groups is 1. The third kappa shape index (κ3) is 9.78. The lowest BCUT2D eigenvalue weighted by atomic mass is 9.33. The summed E-state index contributed by atoms with van der Waals surface area (Å²) in [5.41, 5.74) is -2.05. The number of aliphatic carboxylic acids is 1. The molecule has 1 aromatic carbocycles. The highest BCUT2D eigenvalue weighted by molar-refractivity contribution is 5.87. The van der Waals surface area contributed by atoms with E-state index in [2.05, 4.69) is 54.5 Å². The number of carbonyl (C=O) groups is 3. The largest absolute Gasteiger partial charge is 0.508 e. The van der Waals surface area contributed by atoms with Crippen LogP contribution in [0.4, 0.5) is 0 Å². The number of rotatable bonds is 11. The summed E-state index contributed by atoms with van der Waals surface area (Å²) in [6.45, 7) is 14.0. The second-order valence-electron chi connectivity index (χ2n) is 25.5. The number of ether oxygens (including phenoxy) is 7. The van der Waals surface area contributed by atoms with Crippen LogP contribution < -0.4 is 0 Å². The van der Waals surface area contributed by atoms with Crippen molar-refractivity contribution in [2.45, 2.75) is 204 Å². The fourth-order valence-electron chi connectivity index (χ4n) is 15.9. The van der Waals surface area contributed by atoms with E-state index in [1.54, 1.807) is 12.1 Å². The van der Waals surface area contributed by atoms with Crippen molar-refractivity contribution in [3.63, 3.8) is 0 Å². The molecule has 0 aromatic heterocycles. The molecule has 0 spiro atoms. The van der Waals surface area contributed by atoms with E-state index in [-0.39, 0.29) is 41.3 Å². The summed E-state index contributed by atoms with van der Waals surface area (Å²) >= 11 is 0. The highest BCUT2D eigenvalue weighted by atomic mass is 16.8. The zero-order chi connectivity index (χ0) is 56.1. The van der Waals surface area contributed by atoms with Crippen LogP contribution in [-0.4, -0.2) is 186 Å². The van der Waals surface area contributed by atoms with E-state index in [0.717, 1.165) is 24.5 Å². The monoisotopic (exact) mass is 1090 g/mol. The number of aliphatic hydroxyl groups is 9. The van der Waals surface area contributed by atoms with Crippen LogP contribution in [0.2, 0.25) is 0 Å². The topological polar surface area (TPSA) is 338 Å². The van der Waals surface area contributed by atoms with E-state index in [0.29, 0.717) is 37.7 Å². The highest BCUT2D eigenvalue weighted by Gasteiger charge is 2.72. The second-order valence-corrected chi connectivity index (χ2v) is 25.5. The number of phenols is 1. The Bertz CT molecular complexity index is 2410. The van der Waals surface area contributed by atoms with Gasteiger partial charge in [0.1, 0.15) is 66.1 Å². The summed E-state index contributed by atoms with van der Waals surface area (Å²) in [7, 11) is 0. The number of allylic oxidation sites excluding steroid dienone is 2. The first-order valence-electron chi connectivity index (χ1n) is 27.2. The second kappa shape index (κ2) is 21.0. The van der Waals surface area contributed by atoms with Crippen molar-refractivity contribution in [2.24, 2.45) is 50.2 Å². The molecule has 3 saturated heterocycles. The third-order valence-corrected chi connectivity index (χ3v) is 20.4. The first-order chi connectivity index (χ1) is 36.0. The van der Waals surface area contributed by atoms with Crippen molar-refractivity contribution in [2.75, 3.05) is 13.2 Å². The lowest BCUT2D eigenvalue weighted by Gasteiger charge is -2.71. The average molecular weight is 1090 g/mol. The molecule has 77 heavy (non-hydrogen) atoms. The molecule has 0 amide bonds. The number of benzene rings is 1. The van der Waals surface area contributed by atoms with Gasteiger partial charge in [-0.1, -0.05) is 72.2 Å². The van der Waals surface area contributed by atoms with Crippen LogP contribution in [0.15, 0.2) is 42.0 Å². The normalized spacial score (nSPS) is 47.3. The van der Waals surface area contributed by atoms with Gasteiger partial charge >= 0.3 is 17.9 Å². The zero-order valence-corrected chi connectivity index (χ0v) is 44.8. The molecule has 0 radical (unpaired) electrons. The Morgan fingerprint density at radius 1 is 0.714 bits per heavy atom. The molecule has 4 saturated carbocycles. The van der Waals surface area contributed by atoms with Gasteiger partial charge in [-0.3, -0.25) is 4.79 Å². The number of carboxylic acids is 1. The van der Waals surface area contributed by atoms with Crippen molar-refractivity contribution >= 4 is 24.0 Å². The molecule has 1 aromatic rings. The molecule has 430 valence electrons. The molecule has 8 aliphatic rings. The van der Waals surface area contributed by atoms with Crippen LogP contribution in [0.1, 0.15) is 112 Å². The van der Waals surface area contributed by atoms with Gasteiger partial charge in [-0.25, -0.2) is 9.59 Å². The number of phenolic OH excluding ortho intramolecular Hbond substituents is 1. The summed E-state index contributed by atoms with van der Waals surface area (Å²) in [5, 5.41) is 118. The minimum atomic E-state index is -1.91. The fraction of sp³-hybridized carbons (Fsp3) is 0.768. The first kappa shape index (κ1) is 58.0. The molecule has 11 N–H and O–H groups in total. The molecule has 21 heteroatoms. The summed E-state index contributed by atoms with van der Waals surface area (Å²) in [6.07, 6.45) is -16.2. The van der Waals surface area contributed by atoms with Crippen molar-refractivity contribution in [3.8, 4) is 5.75 Å². The van der Waals surface area contributed by atoms with Crippen LogP contribution in [-0.2, 0) is 47.5 Å². The molecule has 9 rings (SSSR count). The fourth-order valence-corrected chi connectivity index (χ4v) is 15.9. The van der Waals surface area contributed by atoms with Gasteiger partial charge in [0.2, 0.25) is 6.29 Å². The van der Waals surface area contributed by atoms with Crippen molar-refractivity contribution in [1.82, 2.24) is 0 Å². The maximum absolute atomic E-state index is 15.5. The number of carboxylic acid groups (broad SMARTS) is 1. The molecule has 5 aliphatic carbocycles. The quantitative estimate of drug-likeness (QED) is 0.0651. The Kier molecular flexibility index (Phi) is 15.8. The van der Waals surface area contributed by atoms with Gasteiger partial charge in [-0.15, -0.1) is 0 Å². The van der Waals surface area contributed by atoms with Crippen LogP contribution in [0.25, 0.3) is 6.08 Å². The number of aliphatic hydroxyl groups excluding tert-OH is 9. The smallest absolute Gasteiger partial charge is 0.335 e. The van der Waals surface area contributed by atoms with Gasteiger partial charge in [0.15, 0.2) is 24.8 Å². The maximum atomic E-state index is 15.5. The number of hydrogen-bond acceptors (Lipinski definition) is 20. The summed E-state index contributed by atoms with van der Waals surface area (Å²) in [5.74, 6) is -3.66. The molecule has 0 unspecified atom stereocenters. The van der Waals surface area contributed by atoms with Crippen molar-refractivity contribution in [3.05, 3.63) is 47.6 Å².